The fourth-order valence-electron chi connectivity index (χ4n) is 2.75. The second-order valence-corrected chi connectivity index (χ2v) is 7.17. The lowest BCUT2D eigenvalue weighted by atomic mass is 10.3. The Morgan fingerprint density at radius 2 is 2.00 bits per heavy atom. The molecular weight excluding hydrogens is 264 g/mol. The average molecular weight is 286 g/mol. The van der Waals surface area contributed by atoms with E-state index in [0.717, 1.165) is 19.5 Å². The highest BCUT2D eigenvalue weighted by Crippen LogP contribution is 2.24. The number of H-pyrrole nitrogens is 1. The quantitative estimate of drug-likeness (QED) is 0.870. The summed E-state index contributed by atoms with van der Waals surface area (Å²) in [4.78, 5) is 2.51. The van der Waals surface area contributed by atoms with Gasteiger partial charge in [0, 0.05) is 19.1 Å². The van der Waals surface area contributed by atoms with Crippen molar-refractivity contribution in [3.63, 3.8) is 0 Å². The molecule has 108 valence electrons. The molecule has 1 aromatic rings. The van der Waals surface area contributed by atoms with Crippen molar-refractivity contribution in [2.24, 2.45) is 0 Å². The summed E-state index contributed by atoms with van der Waals surface area (Å²) >= 11 is 0. The number of sulfonamides is 1. The first-order valence-electron chi connectivity index (χ1n) is 6.56. The zero-order valence-electron chi connectivity index (χ0n) is 12.0. The van der Waals surface area contributed by atoms with Gasteiger partial charge in [0.25, 0.3) is 0 Å². The molecule has 1 aliphatic heterocycles. The first kappa shape index (κ1) is 14.5. The standard InChI is InChI=1S/C12H22N4O2S/c1-9-8-15(4)6-5-7-16(9)19(17,18)12-10(2)13-14-11(12)3/h9H,5-8H2,1-4H3,(H,13,14). The van der Waals surface area contributed by atoms with E-state index >= 15 is 0 Å². The first-order chi connectivity index (χ1) is 8.84. The third kappa shape index (κ3) is 2.68. The predicted octanol–water partition coefficient (Wildman–Crippen LogP) is 0.741. The van der Waals surface area contributed by atoms with E-state index in [4.69, 9.17) is 0 Å². The van der Waals surface area contributed by atoms with Crippen LogP contribution in [0.4, 0.5) is 0 Å². The van der Waals surface area contributed by atoms with Crippen LogP contribution in [0.5, 0.6) is 0 Å². The van der Waals surface area contributed by atoms with Crippen LogP contribution in [0, 0.1) is 13.8 Å². The maximum atomic E-state index is 12.8. The van der Waals surface area contributed by atoms with Crippen molar-refractivity contribution in [3.05, 3.63) is 11.4 Å². The van der Waals surface area contributed by atoms with Crippen molar-refractivity contribution < 1.29 is 8.42 Å². The van der Waals surface area contributed by atoms with Gasteiger partial charge in [0.2, 0.25) is 10.0 Å². The molecular formula is C12H22N4O2S. The van der Waals surface area contributed by atoms with E-state index in [0.29, 0.717) is 22.8 Å². The van der Waals surface area contributed by atoms with Gasteiger partial charge in [0.15, 0.2) is 0 Å². The molecule has 19 heavy (non-hydrogen) atoms. The number of likely N-dealkylation sites (N-methyl/N-ethyl adjacent to an activating group) is 1. The predicted molar refractivity (Wildman–Crippen MR) is 73.5 cm³/mol. The van der Waals surface area contributed by atoms with E-state index in [-0.39, 0.29) is 6.04 Å². The van der Waals surface area contributed by atoms with Gasteiger partial charge in [-0.3, -0.25) is 5.10 Å². The second-order valence-electron chi connectivity index (χ2n) is 5.34. The molecule has 1 atom stereocenters. The van der Waals surface area contributed by atoms with E-state index in [2.05, 4.69) is 15.1 Å². The summed E-state index contributed by atoms with van der Waals surface area (Å²) in [5.41, 5.74) is 1.16. The number of aryl methyl sites for hydroxylation is 2. The van der Waals surface area contributed by atoms with Crippen molar-refractivity contribution in [3.8, 4) is 0 Å². The summed E-state index contributed by atoms with van der Waals surface area (Å²) in [6.45, 7) is 7.70. The van der Waals surface area contributed by atoms with Crippen LogP contribution in [0.25, 0.3) is 0 Å². The van der Waals surface area contributed by atoms with Gasteiger partial charge in [-0.1, -0.05) is 0 Å². The third-order valence-corrected chi connectivity index (χ3v) is 5.89. The summed E-state index contributed by atoms with van der Waals surface area (Å²) < 4.78 is 27.2. The average Bonchev–Trinajstić information content (AvgIpc) is 2.53. The zero-order chi connectivity index (χ0) is 14.2. The smallest absolute Gasteiger partial charge is 0.247 e. The minimum atomic E-state index is -3.46. The SMILES string of the molecule is Cc1n[nH]c(C)c1S(=O)(=O)N1CCCN(C)CC1C. The summed E-state index contributed by atoms with van der Waals surface area (Å²) in [5, 5.41) is 6.75. The van der Waals surface area contributed by atoms with Crippen molar-refractivity contribution in [1.29, 1.82) is 0 Å². The summed E-state index contributed by atoms with van der Waals surface area (Å²) in [7, 11) is -1.43. The van der Waals surface area contributed by atoms with Crippen LogP contribution in [-0.2, 0) is 10.0 Å². The van der Waals surface area contributed by atoms with Gasteiger partial charge in [0.05, 0.1) is 11.4 Å². The van der Waals surface area contributed by atoms with E-state index in [1.165, 1.54) is 0 Å². The van der Waals surface area contributed by atoms with Crippen LogP contribution in [0.1, 0.15) is 24.7 Å². The number of hydrogen-bond acceptors (Lipinski definition) is 4. The molecule has 0 aromatic carbocycles. The van der Waals surface area contributed by atoms with Crippen molar-refractivity contribution in [1.82, 2.24) is 19.4 Å². The monoisotopic (exact) mass is 286 g/mol. The van der Waals surface area contributed by atoms with Crippen molar-refractivity contribution >= 4 is 10.0 Å². The number of aromatic amines is 1. The first-order valence-corrected chi connectivity index (χ1v) is 8.00. The molecule has 1 fully saturated rings. The molecule has 1 aromatic heterocycles. The topological polar surface area (TPSA) is 69.3 Å². The third-order valence-electron chi connectivity index (χ3n) is 3.61. The van der Waals surface area contributed by atoms with Crippen LogP contribution in [0.15, 0.2) is 4.90 Å². The zero-order valence-corrected chi connectivity index (χ0v) is 12.8. The van der Waals surface area contributed by atoms with E-state index in [1.807, 2.05) is 14.0 Å². The minimum Gasteiger partial charge on any atom is -0.305 e. The molecule has 0 radical (unpaired) electrons. The van der Waals surface area contributed by atoms with Gasteiger partial charge in [-0.15, -0.1) is 0 Å². The summed E-state index contributed by atoms with van der Waals surface area (Å²) in [6, 6.07) is -0.0220. The number of nitrogens with one attached hydrogen (secondary N) is 1. The molecule has 2 rings (SSSR count). The summed E-state index contributed by atoms with van der Waals surface area (Å²) in [6.07, 6.45) is 0.857. The molecule has 0 amide bonds. The minimum absolute atomic E-state index is 0.0220. The van der Waals surface area contributed by atoms with E-state index in [9.17, 15) is 8.42 Å². The molecule has 7 heteroatoms. The fourth-order valence-corrected chi connectivity index (χ4v) is 4.74. The molecule has 0 spiro atoms. The summed E-state index contributed by atoms with van der Waals surface area (Å²) in [5.74, 6) is 0. The highest BCUT2D eigenvalue weighted by molar-refractivity contribution is 7.89. The lowest BCUT2D eigenvalue weighted by Crippen LogP contribution is -2.42. The van der Waals surface area contributed by atoms with Crippen LogP contribution < -0.4 is 0 Å². The van der Waals surface area contributed by atoms with Crippen LogP contribution in [0.2, 0.25) is 0 Å². The van der Waals surface area contributed by atoms with Crippen molar-refractivity contribution in [2.45, 2.75) is 38.1 Å². The normalized spacial score (nSPS) is 23.5. The molecule has 6 nitrogen and oxygen atoms in total. The molecule has 1 unspecified atom stereocenters. The van der Waals surface area contributed by atoms with Gasteiger partial charge in [-0.2, -0.15) is 9.40 Å². The lowest BCUT2D eigenvalue weighted by molar-refractivity contribution is 0.290. The highest BCUT2D eigenvalue weighted by Gasteiger charge is 2.34. The molecule has 1 saturated heterocycles. The van der Waals surface area contributed by atoms with E-state index < -0.39 is 10.0 Å². The molecule has 1 N–H and O–H groups in total. The van der Waals surface area contributed by atoms with Crippen LogP contribution in [-0.4, -0.2) is 60.5 Å². The largest absolute Gasteiger partial charge is 0.305 e. The molecule has 0 bridgehead atoms. The Morgan fingerprint density at radius 3 is 2.58 bits per heavy atom. The van der Waals surface area contributed by atoms with Gasteiger partial charge in [-0.25, -0.2) is 8.42 Å². The number of hydrogen-bond donors (Lipinski definition) is 1. The van der Waals surface area contributed by atoms with Crippen LogP contribution >= 0.6 is 0 Å². The molecule has 1 aliphatic rings. The van der Waals surface area contributed by atoms with Crippen molar-refractivity contribution in [2.75, 3.05) is 26.7 Å². The Hall–Kier alpha value is -0.920. The highest BCUT2D eigenvalue weighted by atomic mass is 32.2. The van der Waals surface area contributed by atoms with Gasteiger partial charge in [0.1, 0.15) is 4.90 Å². The van der Waals surface area contributed by atoms with Gasteiger partial charge in [-0.05, 0) is 40.8 Å². The Balaban J connectivity index is 2.39. The molecule has 0 aliphatic carbocycles. The van der Waals surface area contributed by atoms with Gasteiger partial charge >= 0.3 is 0 Å². The fraction of sp³-hybridized carbons (Fsp3) is 0.750. The maximum Gasteiger partial charge on any atom is 0.247 e. The second kappa shape index (κ2) is 5.22. The van der Waals surface area contributed by atoms with Crippen LogP contribution in [0.3, 0.4) is 0 Å². The van der Waals surface area contributed by atoms with E-state index in [1.54, 1.807) is 18.2 Å². The number of rotatable bonds is 2. The molecule has 0 saturated carbocycles. The molecule has 2 heterocycles. The number of nitrogens with zero attached hydrogens (tertiary/aromatic N) is 3. The lowest BCUT2D eigenvalue weighted by Gasteiger charge is -2.27. The Bertz CT molecular complexity index is 533. The Morgan fingerprint density at radius 1 is 1.32 bits per heavy atom. The number of aromatic nitrogens is 2. The Labute approximate surface area is 114 Å². The van der Waals surface area contributed by atoms with Gasteiger partial charge < -0.3 is 4.90 Å². The Kier molecular flexibility index (Phi) is 3.98. The maximum absolute atomic E-state index is 12.8.